The number of nitrogens with zero attached hydrogens (tertiary/aromatic N) is 5. The molecule has 3 aromatic heterocycles. The van der Waals surface area contributed by atoms with Gasteiger partial charge in [0.1, 0.15) is 16.6 Å². The van der Waals surface area contributed by atoms with Gasteiger partial charge in [-0.25, -0.2) is 4.98 Å². The largest absolute Gasteiger partial charge is 0.333 e. The molecule has 0 N–H and O–H groups in total. The molecule has 0 fully saturated rings. The average molecular weight is 255 g/mol. The minimum atomic E-state index is 0.377. The van der Waals surface area contributed by atoms with Crippen molar-refractivity contribution in [3.8, 4) is 28.4 Å². The molecule has 0 unspecified atom stereocenters. The molecule has 18 heavy (non-hydrogen) atoms. The van der Waals surface area contributed by atoms with Gasteiger partial charge >= 0.3 is 0 Å². The lowest BCUT2D eigenvalue weighted by Gasteiger charge is -1.88. The number of nitriles is 1. The lowest BCUT2D eigenvalue weighted by Crippen LogP contribution is -1.85. The standard InChI is InChI=1S/C11H5N5OS/c12-5-7-1-2-9(18-7)11-15-10(16-17-11)8-6-13-3-4-14-8/h1-4,6H. The lowest BCUT2D eigenvalue weighted by molar-refractivity contribution is 0.433. The minimum Gasteiger partial charge on any atom is -0.333 e. The van der Waals surface area contributed by atoms with Crippen LogP contribution in [-0.4, -0.2) is 20.1 Å². The zero-order valence-corrected chi connectivity index (χ0v) is 9.76. The molecule has 0 bridgehead atoms. The first kappa shape index (κ1) is 10.6. The second-order valence-electron chi connectivity index (χ2n) is 3.29. The van der Waals surface area contributed by atoms with Gasteiger partial charge < -0.3 is 4.52 Å². The highest BCUT2D eigenvalue weighted by Gasteiger charge is 2.13. The van der Waals surface area contributed by atoms with E-state index in [9.17, 15) is 0 Å². The highest BCUT2D eigenvalue weighted by atomic mass is 32.1. The van der Waals surface area contributed by atoms with Gasteiger partial charge in [-0.05, 0) is 12.1 Å². The summed E-state index contributed by atoms with van der Waals surface area (Å²) >= 11 is 1.30. The van der Waals surface area contributed by atoms with Crippen molar-refractivity contribution in [2.24, 2.45) is 0 Å². The second kappa shape index (κ2) is 4.35. The first-order chi connectivity index (χ1) is 8.86. The van der Waals surface area contributed by atoms with Crippen molar-refractivity contribution in [1.82, 2.24) is 20.1 Å². The molecular weight excluding hydrogens is 250 g/mol. The molecule has 3 heterocycles. The quantitative estimate of drug-likeness (QED) is 0.696. The van der Waals surface area contributed by atoms with E-state index in [2.05, 4.69) is 26.2 Å². The van der Waals surface area contributed by atoms with E-state index in [1.807, 2.05) is 0 Å². The Morgan fingerprint density at radius 3 is 2.94 bits per heavy atom. The molecule has 0 spiro atoms. The predicted molar refractivity (Wildman–Crippen MR) is 63.4 cm³/mol. The molecule has 3 aromatic rings. The van der Waals surface area contributed by atoms with Crippen molar-refractivity contribution in [1.29, 1.82) is 5.26 Å². The fourth-order valence-corrected chi connectivity index (χ4v) is 2.08. The average Bonchev–Trinajstić information content (AvgIpc) is 3.08. The summed E-state index contributed by atoms with van der Waals surface area (Å²) in [4.78, 5) is 13.6. The van der Waals surface area contributed by atoms with Gasteiger partial charge in [0, 0.05) is 12.4 Å². The minimum absolute atomic E-state index is 0.377. The maximum Gasteiger partial charge on any atom is 0.268 e. The molecule has 0 radical (unpaired) electrons. The van der Waals surface area contributed by atoms with E-state index in [4.69, 9.17) is 9.78 Å². The zero-order chi connectivity index (χ0) is 12.4. The van der Waals surface area contributed by atoms with E-state index in [0.29, 0.717) is 22.3 Å². The van der Waals surface area contributed by atoms with Crippen molar-refractivity contribution in [3.63, 3.8) is 0 Å². The Labute approximate surface area is 106 Å². The van der Waals surface area contributed by atoms with E-state index in [1.165, 1.54) is 11.3 Å². The first-order valence-electron chi connectivity index (χ1n) is 4.97. The van der Waals surface area contributed by atoms with Crippen molar-refractivity contribution >= 4 is 11.3 Å². The summed E-state index contributed by atoms with van der Waals surface area (Å²) in [7, 11) is 0. The fourth-order valence-electron chi connectivity index (χ4n) is 1.36. The van der Waals surface area contributed by atoms with Crippen molar-refractivity contribution < 1.29 is 4.52 Å². The Hall–Kier alpha value is -2.59. The van der Waals surface area contributed by atoms with E-state index in [0.717, 1.165) is 4.88 Å². The Morgan fingerprint density at radius 1 is 1.28 bits per heavy atom. The van der Waals surface area contributed by atoms with Crippen LogP contribution in [0.2, 0.25) is 0 Å². The Morgan fingerprint density at radius 2 is 2.22 bits per heavy atom. The third-order valence-corrected chi connectivity index (χ3v) is 3.12. The van der Waals surface area contributed by atoms with Crippen LogP contribution >= 0.6 is 11.3 Å². The van der Waals surface area contributed by atoms with Gasteiger partial charge in [-0.2, -0.15) is 10.2 Å². The SMILES string of the molecule is N#Cc1ccc(-c2nc(-c3cnccn3)no2)s1. The van der Waals surface area contributed by atoms with Gasteiger partial charge in [0.2, 0.25) is 5.82 Å². The van der Waals surface area contributed by atoms with Gasteiger partial charge in [0.25, 0.3) is 5.89 Å². The number of aromatic nitrogens is 4. The van der Waals surface area contributed by atoms with Crippen molar-refractivity contribution in [3.05, 3.63) is 35.6 Å². The zero-order valence-electron chi connectivity index (χ0n) is 8.94. The predicted octanol–water partition coefficient (Wildman–Crippen LogP) is 2.13. The van der Waals surface area contributed by atoms with Gasteiger partial charge in [-0.15, -0.1) is 11.3 Å². The van der Waals surface area contributed by atoms with Gasteiger partial charge in [-0.3, -0.25) is 4.98 Å². The highest BCUT2D eigenvalue weighted by Crippen LogP contribution is 2.27. The molecule has 86 valence electrons. The van der Waals surface area contributed by atoms with Crippen LogP contribution < -0.4 is 0 Å². The summed E-state index contributed by atoms with van der Waals surface area (Å²) in [6.45, 7) is 0. The van der Waals surface area contributed by atoms with Gasteiger partial charge in [0.15, 0.2) is 0 Å². The second-order valence-corrected chi connectivity index (χ2v) is 4.37. The molecule has 0 aliphatic rings. The summed E-state index contributed by atoms with van der Waals surface area (Å²) in [5.41, 5.74) is 0.546. The number of thiophene rings is 1. The van der Waals surface area contributed by atoms with Crippen LogP contribution in [0, 0.1) is 11.3 Å². The van der Waals surface area contributed by atoms with Gasteiger partial charge in [-0.1, -0.05) is 5.16 Å². The fraction of sp³-hybridized carbons (Fsp3) is 0. The highest BCUT2D eigenvalue weighted by molar-refractivity contribution is 7.15. The molecule has 0 aliphatic heterocycles. The van der Waals surface area contributed by atoms with Crippen LogP contribution in [0.15, 0.2) is 35.2 Å². The molecule has 0 saturated heterocycles. The van der Waals surface area contributed by atoms with Crippen LogP contribution in [0.3, 0.4) is 0 Å². The van der Waals surface area contributed by atoms with Crippen LogP contribution in [0.1, 0.15) is 4.88 Å². The normalized spacial score (nSPS) is 10.2. The van der Waals surface area contributed by atoms with E-state index in [-0.39, 0.29) is 0 Å². The summed E-state index contributed by atoms with van der Waals surface area (Å²) in [6.07, 6.45) is 4.69. The number of rotatable bonds is 2. The monoisotopic (exact) mass is 255 g/mol. The summed E-state index contributed by atoms with van der Waals surface area (Å²) < 4.78 is 5.14. The Bertz CT molecular complexity index is 712. The van der Waals surface area contributed by atoms with E-state index < -0.39 is 0 Å². The topological polar surface area (TPSA) is 88.5 Å². The molecule has 0 aliphatic carbocycles. The first-order valence-corrected chi connectivity index (χ1v) is 5.79. The van der Waals surface area contributed by atoms with E-state index in [1.54, 1.807) is 30.7 Å². The maximum atomic E-state index is 8.76. The van der Waals surface area contributed by atoms with E-state index >= 15 is 0 Å². The van der Waals surface area contributed by atoms with Crippen LogP contribution in [0.4, 0.5) is 0 Å². The molecule has 0 amide bonds. The maximum absolute atomic E-state index is 8.76. The summed E-state index contributed by atoms with van der Waals surface area (Å²) in [5.74, 6) is 0.757. The van der Waals surface area contributed by atoms with Gasteiger partial charge in [0.05, 0.1) is 11.1 Å². The van der Waals surface area contributed by atoms with Crippen LogP contribution in [0.5, 0.6) is 0 Å². The number of hydrogen-bond acceptors (Lipinski definition) is 7. The lowest BCUT2D eigenvalue weighted by atomic mass is 10.4. The molecule has 0 aromatic carbocycles. The summed E-state index contributed by atoms with van der Waals surface area (Å²) in [6, 6.07) is 5.55. The molecule has 7 heteroatoms. The Balaban J connectivity index is 1.97. The van der Waals surface area contributed by atoms with Crippen LogP contribution in [-0.2, 0) is 0 Å². The molecular formula is C11H5N5OS. The van der Waals surface area contributed by atoms with Crippen molar-refractivity contribution in [2.45, 2.75) is 0 Å². The molecule has 3 rings (SSSR count). The third-order valence-electron chi connectivity index (χ3n) is 2.15. The summed E-state index contributed by atoms with van der Waals surface area (Å²) in [5, 5.41) is 12.6. The molecule has 6 nitrogen and oxygen atoms in total. The van der Waals surface area contributed by atoms with Crippen molar-refractivity contribution in [2.75, 3.05) is 0 Å². The Kier molecular flexibility index (Phi) is 2.55. The third kappa shape index (κ3) is 1.85. The number of hydrogen-bond donors (Lipinski definition) is 0. The molecule has 0 saturated carbocycles. The molecule has 0 atom stereocenters. The van der Waals surface area contributed by atoms with Crippen LogP contribution in [0.25, 0.3) is 22.3 Å². The smallest absolute Gasteiger partial charge is 0.268 e.